The van der Waals surface area contributed by atoms with E-state index in [-0.39, 0.29) is 23.1 Å². The van der Waals surface area contributed by atoms with Crippen molar-refractivity contribution in [1.29, 1.82) is 0 Å². The van der Waals surface area contributed by atoms with Crippen LogP contribution >= 0.6 is 0 Å². The molecule has 0 aromatic heterocycles. The Hall–Kier alpha value is -1.84. The maximum absolute atomic E-state index is 12.7. The van der Waals surface area contributed by atoms with Crippen molar-refractivity contribution in [2.75, 3.05) is 18.4 Å². The minimum Gasteiger partial charge on any atom is -0.342 e. The predicted molar refractivity (Wildman–Crippen MR) is 93.4 cm³/mol. The molecular formula is C19H28N2O2. The number of carbonyl (C=O) groups excluding carboxylic acids is 2. The van der Waals surface area contributed by atoms with Gasteiger partial charge in [0.05, 0.1) is 5.92 Å². The topological polar surface area (TPSA) is 49.4 Å². The van der Waals surface area contributed by atoms with Crippen molar-refractivity contribution >= 4 is 17.5 Å². The molecular weight excluding hydrogens is 288 g/mol. The standard InChI is InChI=1S/C19H28N2O2/c1-5-17(22)21-12-8-9-14(13-21)18(23)20-16-11-7-6-10-15(16)19(2,3)4/h6-7,10-11,14H,5,8-9,12-13H2,1-4H3,(H,20,23). The van der Waals surface area contributed by atoms with Crippen molar-refractivity contribution in [1.82, 2.24) is 4.90 Å². The third kappa shape index (κ3) is 4.34. The lowest BCUT2D eigenvalue weighted by Gasteiger charge is -2.32. The Morgan fingerprint density at radius 1 is 1.26 bits per heavy atom. The molecule has 0 aliphatic carbocycles. The number of hydrogen-bond acceptors (Lipinski definition) is 2. The molecule has 0 spiro atoms. The number of nitrogens with one attached hydrogen (secondary N) is 1. The van der Waals surface area contributed by atoms with Gasteiger partial charge < -0.3 is 10.2 Å². The molecule has 0 saturated carbocycles. The lowest BCUT2D eigenvalue weighted by Crippen LogP contribution is -2.43. The van der Waals surface area contributed by atoms with Crippen molar-refractivity contribution in [2.24, 2.45) is 5.92 Å². The Balaban J connectivity index is 2.09. The van der Waals surface area contributed by atoms with Gasteiger partial charge in [0, 0.05) is 25.2 Å². The Bertz CT molecular complexity index is 575. The Morgan fingerprint density at radius 3 is 2.61 bits per heavy atom. The highest BCUT2D eigenvalue weighted by molar-refractivity contribution is 5.94. The van der Waals surface area contributed by atoms with E-state index >= 15 is 0 Å². The van der Waals surface area contributed by atoms with Crippen LogP contribution in [-0.4, -0.2) is 29.8 Å². The molecule has 1 N–H and O–H groups in total. The van der Waals surface area contributed by atoms with Crippen LogP contribution in [0.25, 0.3) is 0 Å². The lowest BCUT2D eigenvalue weighted by atomic mass is 9.85. The second-order valence-electron chi connectivity index (χ2n) is 7.32. The van der Waals surface area contributed by atoms with E-state index < -0.39 is 0 Å². The van der Waals surface area contributed by atoms with Crippen LogP contribution in [0.5, 0.6) is 0 Å². The Labute approximate surface area is 139 Å². The highest BCUT2D eigenvalue weighted by atomic mass is 16.2. The van der Waals surface area contributed by atoms with Gasteiger partial charge in [-0.15, -0.1) is 0 Å². The smallest absolute Gasteiger partial charge is 0.229 e. The molecule has 2 amide bonds. The summed E-state index contributed by atoms with van der Waals surface area (Å²) in [7, 11) is 0. The molecule has 1 saturated heterocycles. The van der Waals surface area contributed by atoms with E-state index in [9.17, 15) is 9.59 Å². The van der Waals surface area contributed by atoms with Crippen molar-refractivity contribution < 1.29 is 9.59 Å². The van der Waals surface area contributed by atoms with Crippen LogP contribution in [0.1, 0.15) is 52.5 Å². The molecule has 2 rings (SSSR count). The molecule has 0 radical (unpaired) electrons. The third-order valence-electron chi connectivity index (χ3n) is 4.44. The molecule has 4 heteroatoms. The Morgan fingerprint density at radius 2 is 1.96 bits per heavy atom. The van der Waals surface area contributed by atoms with Gasteiger partial charge >= 0.3 is 0 Å². The zero-order valence-electron chi connectivity index (χ0n) is 14.7. The highest BCUT2D eigenvalue weighted by Gasteiger charge is 2.28. The fourth-order valence-electron chi connectivity index (χ4n) is 3.12. The zero-order valence-corrected chi connectivity index (χ0v) is 14.7. The number of nitrogens with zero attached hydrogens (tertiary/aromatic N) is 1. The fourth-order valence-corrected chi connectivity index (χ4v) is 3.12. The van der Waals surface area contributed by atoms with Crippen molar-refractivity contribution in [3.05, 3.63) is 29.8 Å². The number of hydrogen-bond donors (Lipinski definition) is 1. The summed E-state index contributed by atoms with van der Waals surface area (Å²) < 4.78 is 0. The van der Waals surface area contributed by atoms with E-state index in [0.717, 1.165) is 30.6 Å². The molecule has 1 aliphatic rings. The van der Waals surface area contributed by atoms with Crippen LogP contribution in [0.15, 0.2) is 24.3 Å². The summed E-state index contributed by atoms with van der Waals surface area (Å²) in [5.74, 6) is 0.0418. The number of anilines is 1. The average molecular weight is 316 g/mol. The third-order valence-corrected chi connectivity index (χ3v) is 4.44. The molecule has 1 unspecified atom stereocenters. The number of likely N-dealkylation sites (tertiary alicyclic amines) is 1. The normalized spacial score (nSPS) is 18.6. The second kappa shape index (κ2) is 7.16. The van der Waals surface area contributed by atoms with Gasteiger partial charge in [-0.2, -0.15) is 0 Å². The van der Waals surface area contributed by atoms with Crippen LogP contribution < -0.4 is 5.32 Å². The molecule has 1 aliphatic heterocycles. The van der Waals surface area contributed by atoms with Crippen molar-refractivity contribution in [2.45, 2.75) is 52.4 Å². The first kappa shape index (κ1) is 17.5. The number of para-hydroxylation sites is 1. The van der Waals surface area contributed by atoms with Gasteiger partial charge in [0.1, 0.15) is 0 Å². The molecule has 4 nitrogen and oxygen atoms in total. The molecule has 0 bridgehead atoms. The number of carbonyl (C=O) groups is 2. The van der Waals surface area contributed by atoms with Crippen LogP contribution in [-0.2, 0) is 15.0 Å². The van der Waals surface area contributed by atoms with E-state index in [2.05, 4.69) is 32.2 Å². The van der Waals surface area contributed by atoms with Gasteiger partial charge in [-0.3, -0.25) is 9.59 Å². The van der Waals surface area contributed by atoms with E-state index in [1.807, 2.05) is 30.0 Å². The first-order valence-electron chi connectivity index (χ1n) is 8.51. The van der Waals surface area contributed by atoms with E-state index in [0.29, 0.717) is 13.0 Å². The van der Waals surface area contributed by atoms with Gasteiger partial charge in [-0.1, -0.05) is 45.9 Å². The molecule has 126 valence electrons. The van der Waals surface area contributed by atoms with Crippen molar-refractivity contribution in [3.8, 4) is 0 Å². The minimum atomic E-state index is -0.118. The van der Waals surface area contributed by atoms with Crippen molar-refractivity contribution in [3.63, 3.8) is 0 Å². The first-order chi connectivity index (χ1) is 10.8. The molecule has 1 aromatic rings. The monoisotopic (exact) mass is 316 g/mol. The first-order valence-corrected chi connectivity index (χ1v) is 8.51. The summed E-state index contributed by atoms with van der Waals surface area (Å²) >= 11 is 0. The van der Waals surface area contributed by atoms with Crippen LogP contribution in [0.3, 0.4) is 0 Å². The number of piperidine rings is 1. The minimum absolute atomic E-state index is 0.0234. The quantitative estimate of drug-likeness (QED) is 0.926. The SMILES string of the molecule is CCC(=O)N1CCCC(C(=O)Nc2ccccc2C(C)(C)C)C1. The van der Waals surface area contributed by atoms with Gasteiger partial charge in [0.25, 0.3) is 0 Å². The Kier molecular flexibility index (Phi) is 5.45. The number of benzene rings is 1. The van der Waals surface area contributed by atoms with Crippen LogP contribution in [0, 0.1) is 5.92 Å². The summed E-state index contributed by atoms with van der Waals surface area (Å²) in [5, 5.41) is 3.09. The largest absolute Gasteiger partial charge is 0.342 e. The van der Waals surface area contributed by atoms with Gasteiger partial charge in [-0.25, -0.2) is 0 Å². The van der Waals surface area contributed by atoms with E-state index in [1.54, 1.807) is 0 Å². The van der Waals surface area contributed by atoms with E-state index in [4.69, 9.17) is 0 Å². The van der Waals surface area contributed by atoms with Crippen LogP contribution in [0.4, 0.5) is 5.69 Å². The maximum atomic E-state index is 12.7. The van der Waals surface area contributed by atoms with Gasteiger partial charge in [0.2, 0.25) is 11.8 Å². The zero-order chi connectivity index (χ0) is 17.0. The molecule has 23 heavy (non-hydrogen) atoms. The molecule has 1 atom stereocenters. The van der Waals surface area contributed by atoms with Crippen LogP contribution in [0.2, 0.25) is 0 Å². The molecule has 1 aromatic carbocycles. The average Bonchev–Trinajstić information content (AvgIpc) is 2.53. The lowest BCUT2D eigenvalue weighted by molar-refractivity contribution is -0.134. The fraction of sp³-hybridized carbons (Fsp3) is 0.579. The van der Waals surface area contributed by atoms with Gasteiger partial charge in [-0.05, 0) is 29.9 Å². The summed E-state index contributed by atoms with van der Waals surface area (Å²) in [6, 6.07) is 7.96. The summed E-state index contributed by atoms with van der Waals surface area (Å²) in [5.41, 5.74) is 1.98. The van der Waals surface area contributed by atoms with Gasteiger partial charge in [0.15, 0.2) is 0 Å². The number of rotatable bonds is 3. The van der Waals surface area contributed by atoms with E-state index in [1.165, 1.54) is 0 Å². The molecule has 1 fully saturated rings. The summed E-state index contributed by atoms with van der Waals surface area (Å²) in [6.45, 7) is 9.59. The highest BCUT2D eigenvalue weighted by Crippen LogP contribution is 2.30. The summed E-state index contributed by atoms with van der Waals surface area (Å²) in [4.78, 5) is 26.4. The number of amides is 2. The predicted octanol–water partition coefficient (Wildman–Crippen LogP) is 3.57. The molecule has 1 heterocycles. The maximum Gasteiger partial charge on any atom is 0.229 e. The second-order valence-corrected chi connectivity index (χ2v) is 7.32. The summed E-state index contributed by atoms with van der Waals surface area (Å²) in [6.07, 6.45) is 2.24.